The number of halogens is 1. The largest absolute Gasteiger partial charge is 0.489 e. The standard InChI is InChI=1S/C22H16ClNO3S/c23-19-8-4-7-18(12-19)16-27-20-9-5-6-17(13-20)14-22(15-24)28(25,26)21-10-2-1-3-11-21/h1-14H,16H2/b22-14+. The lowest BCUT2D eigenvalue weighted by Gasteiger charge is -2.08. The molecule has 0 bridgehead atoms. The van der Waals surface area contributed by atoms with Crippen LogP contribution in [0.1, 0.15) is 11.1 Å². The van der Waals surface area contributed by atoms with Crippen LogP contribution in [0.15, 0.2) is 88.7 Å². The molecule has 0 atom stereocenters. The van der Waals surface area contributed by atoms with Crippen LogP contribution in [0.5, 0.6) is 5.75 Å². The SMILES string of the molecule is N#C/C(=C\c1cccc(OCc2cccc(Cl)c2)c1)S(=O)(=O)c1ccccc1. The summed E-state index contributed by atoms with van der Waals surface area (Å²) in [6.07, 6.45) is 1.34. The summed E-state index contributed by atoms with van der Waals surface area (Å²) in [6, 6.07) is 23.9. The molecule has 0 aliphatic rings. The minimum absolute atomic E-state index is 0.0798. The minimum Gasteiger partial charge on any atom is -0.489 e. The first kappa shape index (κ1) is 19.7. The van der Waals surface area contributed by atoms with Gasteiger partial charge in [-0.15, -0.1) is 0 Å². The van der Waals surface area contributed by atoms with E-state index < -0.39 is 9.84 Å². The van der Waals surface area contributed by atoms with Gasteiger partial charge in [0.1, 0.15) is 23.3 Å². The fourth-order valence-corrected chi connectivity index (χ4v) is 3.93. The van der Waals surface area contributed by atoms with Crippen molar-refractivity contribution in [1.29, 1.82) is 5.26 Å². The van der Waals surface area contributed by atoms with Gasteiger partial charge in [-0.3, -0.25) is 0 Å². The molecular weight excluding hydrogens is 394 g/mol. The number of benzene rings is 3. The minimum atomic E-state index is -3.88. The van der Waals surface area contributed by atoms with E-state index in [0.717, 1.165) is 5.56 Å². The summed E-state index contributed by atoms with van der Waals surface area (Å²) in [7, 11) is -3.88. The van der Waals surface area contributed by atoms with Crippen LogP contribution in [0, 0.1) is 11.3 Å². The summed E-state index contributed by atoms with van der Waals surface area (Å²) in [4.78, 5) is -0.248. The van der Waals surface area contributed by atoms with Crippen molar-refractivity contribution in [2.45, 2.75) is 11.5 Å². The summed E-state index contributed by atoms with van der Waals surface area (Å²) >= 11 is 5.97. The van der Waals surface area contributed by atoms with E-state index in [1.165, 1.54) is 18.2 Å². The van der Waals surface area contributed by atoms with E-state index in [-0.39, 0.29) is 9.80 Å². The molecule has 0 aliphatic heterocycles. The molecule has 0 aliphatic carbocycles. The second kappa shape index (κ2) is 8.75. The van der Waals surface area contributed by atoms with Crippen molar-refractivity contribution < 1.29 is 13.2 Å². The molecular formula is C22H16ClNO3S. The van der Waals surface area contributed by atoms with Gasteiger partial charge in [-0.2, -0.15) is 5.26 Å². The first-order valence-electron chi connectivity index (χ1n) is 8.38. The van der Waals surface area contributed by atoms with Crippen LogP contribution in [0.25, 0.3) is 6.08 Å². The molecule has 28 heavy (non-hydrogen) atoms. The van der Waals surface area contributed by atoms with Gasteiger partial charge < -0.3 is 4.74 Å². The summed E-state index contributed by atoms with van der Waals surface area (Å²) in [5.41, 5.74) is 1.47. The number of sulfone groups is 1. The molecule has 0 amide bonds. The van der Waals surface area contributed by atoms with Crippen molar-refractivity contribution in [2.75, 3.05) is 0 Å². The first-order valence-corrected chi connectivity index (χ1v) is 10.2. The molecule has 4 nitrogen and oxygen atoms in total. The van der Waals surface area contributed by atoms with Crippen molar-refractivity contribution in [1.82, 2.24) is 0 Å². The molecule has 3 aromatic rings. The second-order valence-electron chi connectivity index (χ2n) is 5.93. The van der Waals surface area contributed by atoms with Crippen molar-refractivity contribution in [3.8, 4) is 11.8 Å². The van der Waals surface area contributed by atoms with E-state index in [1.54, 1.807) is 54.6 Å². The van der Waals surface area contributed by atoms with E-state index in [0.29, 0.717) is 22.9 Å². The highest BCUT2D eigenvalue weighted by Crippen LogP contribution is 2.23. The molecule has 0 fully saturated rings. The summed E-state index contributed by atoms with van der Waals surface area (Å²) in [5, 5.41) is 10.0. The maximum atomic E-state index is 12.7. The van der Waals surface area contributed by atoms with Gasteiger partial charge in [0.25, 0.3) is 0 Å². The summed E-state index contributed by atoms with van der Waals surface area (Å²) in [6.45, 7) is 0.321. The van der Waals surface area contributed by atoms with Crippen molar-refractivity contribution in [3.05, 3.63) is 99.9 Å². The van der Waals surface area contributed by atoms with Crippen LogP contribution < -0.4 is 4.74 Å². The normalized spacial score (nSPS) is 11.6. The number of ether oxygens (including phenoxy) is 1. The Hall–Kier alpha value is -3.07. The zero-order valence-corrected chi connectivity index (χ0v) is 16.3. The zero-order valence-electron chi connectivity index (χ0n) is 14.7. The van der Waals surface area contributed by atoms with Crippen LogP contribution in [0.4, 0.5) is 0 Å². The van der Waals surface area contributed by atoms with Gasteiger partial charge in [-0.25, -0.2) is 8.42 Å². The number of nitriles is 1. The lowest BCUT2D eigenvalue weighted by atomic mass is 10.2. The monoisotopic (exact) mass is 409 g/mol. The molecule has 0 heterocycles. The van der Waals surface area contributed by atoms with Crippen LogP contribution in [-0.4, -0.2) is 8.42 Å². The molecule has 0 unspecified atom stereocenters. The maximum absolute atomic E-state index is 12.7. The molecule has 3 aromatic carbocycles. The highest BCUT2D eigenvalue weighted by atomic mass is 35.5. The predicted molar refractivity (Wildman–Crippen MR) is 109 cm³/mol. The number of rotatable bonds is 6. The molecule has 0 aromatic heterocycles. The van der Waals surface area contributed by atoms with Gasteiger partial charge in [-0.05, 0) is 53.6 Å². The lowest BCUT2D eigenvalue weighted by Crippen LogP contribution is -2.03. The zero-order chi connectivity index (χ0) is 20.0. The Morgan fingerprint density at radius 3 is 2.46 bits per heavy atom. The van der Waals surface area contributed by atoms with Crippen molar-refractivity contribution in [2.24, 2.45) is 0 Å². The lowest BCUT2D eigenvalue weighted by molar-refractivity contribution is 0.306. The second-order valence-corrected chi connectivity index (χ2v) is 8.28. The molecule has 0 saturated heterocycles. The van der Waals surface area contributed by atoms with Gasteiger partial charge in [0, 0.05) is 5.02 Å². The Morgan fingerprint density at radius 2 is 1.75 bits per heavy atom. The fourth-order valence-electron chi connectivity index (χ4n) is 2.54. The van der Waals surface area contributed by atoms with Gasteiger partial charge in [0.15, 0.2) is 0 Å². The number of hydrogen-bond donors (Lipinski definition) is 0. The van der Waals surface area contributed by atoms with E-state index in [1.807, 2.05) is 18.2 Å². The highest BCUT2D eigenvalue weighted by Gasteiger charge is 2.20. The summed E-state index contributed by atoms with van der Waals surface area (Å²) in [5.74, 6) is 0.558. The average molecular weight is 410 g/mol. The Labute approximate surface area is 169 Å². The van der Waals surface area contributed by atoms with E-state index >= 15 is 0 Å². The molecule has 0 saturated carbocycles. The highest BCUT2D eigenvalue weighted by molar-refractivity contribution is 7.95. The molecule has 0 N–H and O–H groups in total. The third kappa shape index (κ3) is 4.80. The van der Waals surface area contributed by atoms with Gasteiger partial charge in [-0.1, -0.05) is 54.1 Å². The molecule has 0 spiro atoms. The molecule has 140 valence electrons. The Balaban J connectivity index is 1.83. The fraction of sp³-hybridized carbons (Fsp3) is 0.0455. The quantitative estimate of drug-likeness (QED) is 0.521. The molecule has 6 heteroatoms. The van der Waals surface area contributed by atoms with E-state index in [2.05, 4.69) is 0 Å². The Kier molecular flexibility index (Phi) is 6.15. The smallest absolute Gasteiger partial charge is 0.216 e. The van der Waals surface area contributed by atoms with Crippen LogP contribution in [0.2, 0.25) is 5.02 Å². The van der Waals surface area contributed by atoms with E-state index in [9.17, 15) is 13.7 Å². The van der Waals surface area contributed by atoms with Crippen LogP contribution >= 0.6 is 11.6 Å². The maximum Gasteiger partial charge on any atom is 0.216 e. The average Bonchev–Trinajstić information content (AvgIpc) is 2.71. The summed E-state index contributed by atoms with van der Waals surface area (Å²) < 4.78 is 31.1. The third-order valence-corrected chi connectivity index (χ3v) is 5.82. The Morgan fingerprint density at radius 1 is 1.00 bits per heavy atom. The first-order chi connectivity index (χ1) is 13.5. The molecule has 0 radical (unpaired) electrons. The van der Waals surface area contributed by atoms with Crippen molar-refractivity contribution >= 4 is 27.5 Å². The van der Waals surface area contributed by atoms with Gasteiger partial charge >= 0.3 is 0 Å². The van der Waals surface area contributed by atoms with Crippen molar-refractivity contribution in [3.63, 3.8) is 0 Å². The predicted octanol–water partition coefficient (Wildman–Crippen LogP) is 5.26. The number of nitrogens with zero attached hydrogens (tertiary/aromatic N) is 1. The van der Waals surface area contributed by atoms with E-state index in [4.69, 9.17) is 16.3 Å². The van der Waals surface area contributed by atoms with Crippen LogP contribution in [0.3, 0.4) is 0 Å². The number of allylic oxidation sites excluding steroid dienone is 1. The number of hydrogen-bond acceptors (Lipinski definition) is 4. The van der Waals surface area contributed by atoms with Gasteiger partial charge in [0.2, 0.25) is 9.84 Å². The van der Waals surface area contributed by atoms with Crippen LogP contribution in [-0.2, 0) is 16.4 Å². The molecule has 3 rings (SSSR count). The van der Waals surface area contributed by atoms with Gasteiger partial charge in [0.05, 0.1) is 4.90 Å². The Bertz CT molecular complexity index is 1150. The topological polar surface area (TPSA) is 67.2 Å². The third-order valence-electron chi connectivity index (χ3n) is 3.90.